The van der Waals surface area contributed by atoms with Gasteiger partial charge < -0.3 is 29.3 Å². The van der Waals surface area contributed by atoms with Crippen LogP contribution in [0.5, 0.6) is 0 Å². The topological polar surface area (TPSA) is 95.1 Å². The second-order valence-corrected chi connectivity index (χ2v) is 18.0. The number of hydrogen-bond donors (Lipinski definition) is 2. The Morgan fingerprint density at radius 3 is 2.37 bits per heavy atom. The first kappa shape index (κ1) is 31.3. The van der Waals surface area contributed by atoms with Crippen LogP contribution < -0.4 is 10.6 Å². The van der Waals surface area contributed by atoms with Gasteiger partial charge in [0.15, 0.2) is 20.2 Å². The number of amides is 2. The van der Waals surface area contributed by atoms with Gasteiger partial charge in [0.1, 0.15) is 24.4 Å². The third kappa shape index (κ3) is 8.13. The van der Waals surface area contributed by atoms with E-state index in [0.717, 1.165) is 12.8 Å². The highest BCUT2D eigenvalue weighted by molar-refractivity contribution is 6.74. The maximum absolute atomic E-state index is 13.7. The van der Waals surface area contributed by atoms with Crippen molar-refractivity contribution in [3.63, 3.8) is 0 Å². The molecule has 3 fully saturated rings. The van der Waals surface area contributed by atoms with Gasteiger partial charge in [0, 0.05) is 13.7 Å². The number of hydrogen-bond acceptors (Lipinski definition) is 6. The molecule has 1 saturated carbocycles. The van der Waals surface area contributed by atoms with E-state index in [9.17, 15) is 9.59 Å². The van der Waals surface area contributed by atoms with Crippen LogP contribution in [0.25, 0.3) is 0 Å². The summed E-state index contributed by atoms with van der Waals surface area (Å²) >= 11 is 0. The second kappa shape index (κ2) is 12.9. The van der Waals surface area contributed by atoms with Crippen LogP contribution in [-0.2, 0) is 28.2 Å². The van der Waals surface area contributed by atoms with Crippen molar-refractivity contribution in [3.05, 3.63) is 12.2 Å². The highest BCUT2D eigenvalue weighted by Gasteiger charge is 2.52. The minimum Gasteiger partial charge on any atom is -0.408 e. The Bertz CT molecular complexity index is 833. The molecule has 2 N–H and O–H groups in total. The van der Waals surface area contributed by atoms with Gasteiger partial charge in [-0.2, -0.15) is 0 Å². The van der Waals surface area contributed by atoms with Gasteiger partial charge in [0.2, 0.25) is 5.91 Å². The van der Waals surface area contributed by atoms with Crippen molar-refractivity contribution in [2.45, 2.75) is 140 Å². The Morgan fingerprint density at radius 1 is 1.08 bits per heavy atom. The highest BCUT2D eigenvalue weighted by Crippen LogP contribution is 2.41. The quantitative estimate of drug-likeness (QED) is 0.314. The van der Waals surface area contributed by atoms with E-state index in [1.807, 2.05) is 13.8 Å². The Hall–Kier alpha value is -1.26. The summed E-state index contributed by atoms with van der Waals surface area (Å²) in [5.41, 5.74) is 0. The fraction of sp³-hybridized carbons (Fsp3) is 0.862. The van der Waals surface area contributed by atoms with Crippen LogP contribution in [0, 0.1) is 5.92 Å². The smallest absolute Gasteiger partial charge is 0.252 e. The molecular weight excluding hydrogens is 500 g/mol. The van der Waals surface area contributed by atoms with Crippen molar-refractivity contribution >= 4 is 20.1 Å². The fourth-order valence-corrected chi connectivity index (χ4v) is 6.64. The summed E-state index contributed by atoms with van der Waals surface area (Å²) in [5, 5.41) is 5.75. The maximum atomic E-state index is 13.7. The third-order valence-corrected chi connectivity index (χ3v) is 13.1. The summed E-state index contributed by atoms with van der Waals surface area (Å²) in [6.45, 7) is 15.3. The fourth-order valence-electron chi connectivity index (χ4n) is 5.35. The lowest BCUT2D eigenvalue weighted by molar-refractivity contribution is -0.167. The molecule has 2 amide bonds. The molecule has 2 aliphatic heterocycles. The molecule has 1 aliphatic carbocycles. The lowest BCUT2D eigenvalue weighted by Crippen LogP contribution is -2.59. The van der Waals surface area contributed by atoms with Crippen LogP contribution in [0.1, 0.15) is 86.0 Å². The van der Waals surface area contributed by atoms with E-state index >= 15 is 0 Å². The van der Waals surface area contributed by atoms with E-state index < -0.39 is 38.5 Å². The lowest BCUT2D eigenvalue weighted by Gasteiger charge is -2.42. The third-order valence-electron chi connectivity index (χ3n) is 8.61. The molecule has 0 aromatic heterocycles. The predicted octanol–water partition coefficient (Wildman–Crippen LogP) is 4.83. The highest BCUT2D eigenvalue weighted by atomic mass is 28.4. The monoisotopic (exact) mass is 552 g/mol. The molecule has 0 unspecified atom stereocenters. The summed E-state index contributed by atoms with van der Waals surface area (Å²) in [7, 11) is -0.843. The van der Waals surface area contributed by atoms with E-state index in [1.54, 1.807) is 0 Å². The van der Waals surface area contributed by atoms with Gasteiger partial charge in [0.05, 0.1) is 0 Å². The number of carbonyl (C=O) groups is 2. The molecule has 0 spiro atoms. The summed E-state index contributed by atoms with van der Waals surface area (Å²) < 4.78 is 25.6. The molecule has 0 bridgehead atoms. The molecule has 2 heterocycles. The van der Waals surface area contributed by atoms with E-state index in [4.69, 9.17) is 18.6 Å². The first-order valence-electron chi connectivity index (χ1n) is 14.6. The molecule has 9 heteroatoms. The van der Waals surface area contributed by atoms with Crippen molar-refractivity contribution in [3.8, 4) is 0 Å². The molecule has 0 aromatic carbocycles. The molecule has 0 radical (unpaired) electrons. The number of allylic oxidation sites excluding steroid dienone is 1. The van der Waals surface area contributed by atoms with Crippen molar-refractivity contribution < 1.29 is 28.2 Å². The SMILES string of the molecule is CO[C@@H](C(=O)N[C@H]1CCCCNC1=O)[C@H](O[Si](C)(C)C(C)(C)C)[C@H]1OC(C)(C)O[C@@H]1/C=C/C1CCCCC1. The minimum atomic E-state index is -2.36. The average molecular weight is 553 g/mol. The molecule has 2 saturated heterocycles. The molecule has 3 rings (SSSR count). The number of ether oxygens (including phenoxy) is 3. The first-order valence-corrected chi connectivity index (χ1v) is 17.5. The van der Waals surface area contributed by atoms with Crippen molar-refractivity contribution in [2.24, 2.45) is 5.92 Å². The second-order valence-electron chi connectivity index (χ2n) is 13.2. The summed E-state index contributed by atoms with van der Waals surface area (Å²) in [4.78, 5) is 26.3. The van der Waals surface area contributed by atoms with Gasteiger partial charge in [-0.3, -0.25) is 9.59 Å². The number of nitrogens with one attached hydrogen (secondary N) is 2. The van der Waals surface area contributed by atoms with Gasteiger partial charge in [-0.1, -0.05) is 52.2 Å². The number of methoxy groups -OCH3 is 1. The Balaban J connectivity index is 1.91. The summed E-state index contributed by atoms with van der Waals surface area (Å²) in [6, 6.07) is -0.588. The van der Waals surface area contributed by atoms with Crippen LogP contribution in [-0.4, -0.2) is 70.0 Å². The minimum absolute atomic E-state index is 0.0936. The molecule has 8 nitrogen and oxygen atoms in total. The predicted molar refractivity (Wildman–Crippen MR) is 151 cm³/mol. The van der Waals surface area contributed by atoms with Gasteiger partial charge >= 0.3 is 0 Å². The van der Waals surface area contributed by atoms with Gasteiger partial charge in [-0.05, 0) is 70.0 Å². The normalized spacial score (nSPS) is 29.1. The zero-order valence-corrected chi connectivity index (χ0v) is 25.9. The van der Waals surface area contributed by atoms with E-state index in [0.29, 0.717) is 18.9 Å². The number of rotatable bonds is 9. The Kier molecular flexibility index (Phi) is 10.6. The average Bonchev–Trinajstić information content (AvgIpc) is 3.00. The zero-order valence-electron chi connectivity index (χ0n) is 24.9. The molecule has 3 aliphatic rings. The van der Waals surface area contributed by atoms with Crippen LogP contribution >= 0.6 is 0 Å². The van der Waals surface area contributed by atoms with Gasteiger partial charge in [-0.25, -0.2) is 0 Å². The standard InChI is InChI=1S/C29H52N2O6Si/c1-28(2,3)38(7,8)37-24(25(34-6)27(33)31-21-16-12-13-19-30-26(21)32)23-22(35-29(4,5)36-23)18-17-20-14-10-9-11-15-20/h17-18,20-25H,9-16,19H2,1-8H3,(H,30,32)(H,31,33)/b18-17+/t21-,22+,23-,24+,25+/m0/s1. The first-order chi connectivity index (χ1) is 17.7. The number of carbonyl (C=O) groups excluding carboxylic acids is 2. The van der Waals surface area contributed by atoms with Crippen molar-refractivity contribution in [1.29, 1.82) is 0 Å². The van der Waals surface area contributed by atoms with Crippen LogP contribution in [0.2, 0.25) is 18.1 Å². The molecular formula is C29H52N2O6Si. The van der Waals surface area contributed by atoms with E-state index in [1.165, 1.54) is 39.2 Å². The van der Waals surface area contributed by atoms with Crippen LogP contribution in [0.3, 0.4) is 0 Å². The zero-order chi connectivity index (χ0) is 28.1. The summed E-state index contributed by atoms with van der Waals surface area (Å²) in [6.07, 6.45) is 10.3. The molecule has 0 aromatic rings. The van der Waals surface area contributed by atoms with Crippen LogP contribution in [0.15, 0.2) is 12.2 Å². The van der Waals surface area contributed by atoms with Gasteiger partial charge in [0.25, 0.3) is 5.91 Å². The summed E-state index contributed by atoms with van der Waals surface area (Å²) in [5.74, 6) is -0.812. The van der Waals surface area contributed by atoms with Crippen molar-refractivity contribution in [2.75, 3.05) is 13.7 Å². The maximum Gasteiger partial charge on any atom is 0.252 e. The van der Waals surface area contributed by atoms with Crippen molar-refractivity contribution in [1.82, 2.24) is 10.6 Å². The van der Waals surface area contributed by atoms with Gasteiger partial charge in [-0.15, -0.1) is 0 Å². The van der Waals surface area contributed by atoms with Crippen LogP contribution in [0.4, 0.5) is 0 Å². The van der Waals surface area contributed by atoms with E-state index in [2.05, 4.69) is 56.7 Å². The molecule has 38 heavy (non-hydrogen) atoms. The molecule has 5 atom stereocenters. The van der Waals surface area contributed by atoms with E-state index in [-0.39, 0.29) is 23.0 Å². The Morgan fingerprint density at radius 2 is 1.74 bits per heavy atom. The Labute approximate surface area is 231 Å². The lowest BCUT2D eigenvalue weighted by atomic mass is 9.88. The molecule has 218 valence electrons. The largest absolute Gasteiger partial charge is 0.408 e.